The molecule has 0 unspecified atom stereocenters. The predicted molar refractivity (Wildman–Crippen MR) is 114 cm³/mol. The van der Waals surface area contributed by atoms with E-state index < -0.39 is 11.8 Å². The monoisotopic (exact) mass is 408 g/mol. The molecule has 0 bridgehead atoms. The predicted octanol–water partition coefficient (Wildman–Crippen LogP) is 4.43. The van der Waals surface area contributed by atoms with Gasteiger partial charge in [-0.3, -0.25) is 9.59 Å². The molecule has 0 spiro atoms. The van der Waals surface area contributed by atoms with Gasteiger partial charge in [0.15, 0.2) is 0 Å². The SMILES string of the molecule is COc1ccc(NC(=O)C(=O)Nc2ccccc2Sc2ccccc2)c(OC)c1. The van der Waals surface area contributed by atoms with Gasteiger partial charge in [0.05, 0.1) is 25.6 Å². The molecule has 0 saturated heterocycles. The van der Waals surface area contributed by atoms with E-state index >= 15 is 0 Å². The number of nitrogens with one attached hydrogen (secondary N) is 2. The zero-order valence-electron chi connectivity index (χ0n) is 16.0. The van der Waals surface area contributed by atoms with Crippen molar-refractivity contribution in [3.8, 4) is 11.5 Å². The Morgan fingerprint density at radius 1 is 0.759 bits per heavy atom. The first-order valence-electron chi connectivity index (χ1n) is 8.77. The van der Waals surface area contributed by atoms with Crippen LogP contribution in [0.2, 0.25) is 0 Å². The number of carbonyl (C=O) groups excluding carboxylic acids is 2. The van der Waals surface area contributed by atoms with Crippen LogP contribution in [-0.4, -0.2) is 26.0 Å². The van der Waals surface area contributed by atoms with Crippen LogP contribution in [-0.2, 0) is 9.59 Å². The first kappa shape index (κ1) is 20.3. The molecule has 148 valence electrons. The first-order valence-corrected chi connectivity index (χ1v) is 9.58. The smallest absolute Gasteiger partial charge is 0.314 e. The maximum atomic E-state index is 12.4. The van der Waals surface area contributed by atoms with Crippen LogP contribution >= 0.6 is 11.8 Å². The molecular formula is C22H20N2O4S. The molecule has 0 saturated carbocycles. The van der Waals surface area contributed by atoms with Gasteiger partial charge in [-0.15, -0.1) is 0 Å². The van der Waals surface area contributed by atoms with E-state index in [1.54, 1.807) is 30.3 Å². The van der Waals surface area contributed by atoms with E-state index in [-0.39, 0.29) is 0 Å². The summed E-state index contributed by atoms with van der Waals surface area (Å²) < 4.78 is 10.4. The molecule has 3 aromatic rings. The molecule has 29 heavy (non-hydrogen) atoms. The largest absolute Gasteiger partial charge is 0.497 e. The fourth-order valence-electron chi connectivity index (χ4n) is 2.53. The van der Waals surface area contributed by atoms with Crippen molar-refractivity contribution < 1.29 is 19.1 Å². The Bertz CT molecular complexity index is 1010. The van der Waals surface area contributed by atoms with Crippen molar-refractivity contribution in [1.82, 2.24) is 0 Å². The molecule has 7 heteroatoms. The average Bonchev–Trinajstić information content (AvgIpc) is 2.76. The van der Waals surface area contributed by atoms with E-state index in [0.717, 1.165) is 9.79 Å². The van der Waals surface area contributed by atoms with Crippen LogP contribution in [0.3, 0.4) is 0 Å². The van der Waals surface area contributed by atoms with Gasteiger partial charge in [-0.05, 0) is 36.4 Å². The lowest BCUT2D eigenvalue weighted by Crippen LogP contribution is -2.29. The third-order valence-corrected chi connectivity index (χ3v) is 5.05. The van der Waals surface area contributed by atoms with Crippen LogP contribution in [0, 0.1) is 0 Å². The molecular weight excluding hydrogens is 388 g/mol. The molecule has 3 aromatic carbocycles. The lowest BCUT2D eigenvalue weighted by atomic mass is 10.2. The van der Waals surface area contributed by atoms with Crippen molar-refractivity contribution in [1.29, 1.82) is 0 Å². The van der Waals surface area contributed by atoms with Gasteiger partial charge in [0.25, 0.3) is 0 Å². The highest BCUT2D eigenvalue weighted by molar-refractivity contribution is 7.99. The number of para-hydroxylation sites is 1. The highest BCUT2D eigenvalue weighted by Gasteiger charge is 2.18. The number of rotatable bonds is 6. The number of carbonyl (C=O) groups is 2. The molecule has 0 radical (unpaired) electrons. The topological polar surface area (TPSA) is 76.7 Å². The molecule has 2 N–H and O–H groups in total. The minimum Gasteiger partial charge on any atom is -0.497 e. The third kappa shape index (κ3) is 5.30. The Morgan fingerprint density at radius 3 is 2.10 bits per heavy atom. The quantitative estimate of drug-likeness (QED) is 0.590. The van der Waals surface area contributed by atoms with Gasteiger partial charge in [0, 0.05) is 15.9 Å². The van der Waals surface area contributed by atoms with E-state index in [1.807, 2.05) is 42.5 Å². The summed E-state index contributed by atoms with van der Waals surface area (Å²) in [5.74, 6) is -0.598. The highest BCUT2D eigenvalue weighted by Crippen LogP contribution is 2.33. The summed E-state index contributed by atoms with van der Waals surface area (Å²) in [7, 11) is 3.01. The summed E-state index contributed by atoms with van der Waals surface area (Å²) in [6.45, 7) is 0. The third-order valence-electron chi connectivity index (χ3n) is 3.97. The number of methoxy groups -OCH3 is 2. The van der Waals surface area contributed by atoms with Crippen molar-refractivity contribution >= 4 is 35.0 Å². The molecule has 0 atom stereocenters. The van der Waals surface area contributed by atoms with Crippen molar-refractivity contribution in [3.63, 3.8) is 0 Å². The Kier molecular flexibility index (Phi) is 6.76. The summed E-state index contributed by atoms with van der Waals surface area (Å²) in [6.07, 6.45) is 0. The van der Waals surface area contributed by atoms with Crippen molar-refractivity contribution in [2.45, 2.75) is 9.79 Å². The van der Waals surface area contributed by atoms with Gasteiger partial charge in [-0.25, -0.2) is 0 Å². The molecule has 6 nitrogen and oxygen atoms in total. The Morgan fingerprint density at radius 2 is 1.41 bits per heavy atom. The Hall–Kier alpha value is -3.45. The van der Waals surface area contributed by atoms with Crippen LogP contribution in [0.15, 0.2) is 82.6 Å². The second kappa shape index (κ2) is 9.66. The second-order valence-corrected chi connectivity index (χ2v) is 7.00. The van der Waals surface area contributed by atoms with Gasteiger partial charge in [-0.2, -0.15) is 0 Å². The van der Waals surface area contributed by atoms with Crippen LogP contribution < -0.4 is 20.1 Å². The van der Waals surface area contributed by atoms with Gasteiger partial charge >= 0.3 is 11.8 Å². The number of ether oxygens (including phenoxy) is 2. The molecule has 0 aliphatic rings. The van der Waals surface area contributed by atoms with Crippen molar-refractivity contribution in [2.75, 3.05) is 24.9 Å². The summed E-state index contributed by atoms with van der Waals surface area (Å²) in [4.78, 5) is 26.7. The molecule has 0 heterocycles. The summed E-state index contributed by atoms with van der Waals surface area (Å²) in [5, 5.41) is 5.24. The van der Waals surface area contributed by atoms with E-state index in [1.165, 1.54) is 26.0 Å². The standard InChI is InChI=1S/C22H20N2O4S/c1-27-15-12-13-17(19(14-15)28-2)23-21(25)22(26)24-18-10-6-7-11-20(18)29-16-8-4-3-5-9-16/h3-14H,1-2H3,(H,23,25)(H,24,26). The average molecular weight is 408 g/mol. The van der Waals surface area contributed by atoms with E-state index in [2.05, 4.69) is 10.6 Å². The molecule has 0 aliphatic carbocycles. The number of amides is 2. The zero-order valence-corrected chi connectivity index (χ0v) is 16.8. The number of hydrogen-bond acceptors (Lipinski definition) is 5. The minimum atomic E-state index is -0.798. The Balaban J connectivity index is 1.71. The lowest BCUT2D eigenvalue weighted by Gasteiger charge is -2.13. The summed E-state index contributed by atoms with van der Waals surface area (Å²) in [6, 6.07) is 22.0. The van der Waals surface area contributed by atoms with Crippen molar-refractivity contribution in [3.05, 3.63) is 72.8 Å². The number of hydrogen-bond donors (Lipinski definition) is 2. The second-order valence-electron chi connectivity index (χ2n) is 5.89. The van der Waals surface area contributed by atoms with Crippen LogP contribution in [0.1, 0.15) is 0 Å². The van der Waals surface area contributed by atoms with E-state index in [0.29, 0.717) is 22.9 Å². The van der Waals surface area contributed by atoms with Gasteiger partial charge in [-0.1, -0.05) is 42.1 Å². The lowest BCUT2D eigenvalue weighted by molar-refractivity contribution is -0.133. The van der Waals surface area contributed by atoms with Gasteiger partial charge in [0.1, 0.15) is 11.5 Å². The summed E-state index contributed by atoms with van der Waals surface area (Å²) in [5.41, 5.74) is 0.934. The van der Waals surface area contributed by atoms with Crippen LogP contribution in [0.4, 0.5) is 11.4 Å². The number of benzene rings is 3. The van der Waals surface area contributed by atoms with Gasteiger partial charge < -0.3 is 20.1 Å². The van der Waals surface area contributed by atoms with E-state index in [4.69, 9.17) is 9.47 Å². The first-order chi connectivity index (χ1) is 14.1. The number of anilines is 2. The maximum Gasteiger partial charge on any atom is 0.314 e. The fourth-order valence-corrected chi connectivity index (χ4v) is 3.46. The van der Waals surface area contributed by atoms with Crippen LogP contribution in [0.5, 0.6) is 11.5 Å². The molecule has 0 aliphatic heterocycles. The molecule has 2 amide bonds. The van der Waals surface area contributed by atoms with Gasteiger partial charge in [0.2, 0.25) is 0 Å². The van der Waals surface area contributed by atoms with Crippen LogP contribution in [0.25, 0.3) is 0 Å². The Labute approximate surface area is 173 Å². The van der Waals surface area contributed by atoms with Crippen molar-refractivity contribution in [2.24, 2.45) is 0 Å². The fraction of sp³-hybridized carbons (Fsp3) is 0.0909. The van der Waals surface area contributed by atoms with E-state index in [9.17, 15) is 9.59 Å². The normalized spacial score (nSPS) is 10.1. The summed E-state index contributed by atoms with van der Waals surface area (Å²) >= 11 is 1.50. The molecule has 0 aromatic heterocycles. The molecule has 3 rings (SSSR count). The highest BCUT2D eigenvalue weighted by atomic mass is 32.2. The molecule has 0 fully saturated rings. The minimum absolute atomic E-state index is 0.375. The zero-order chi connectivity index (χ0) is 20.6. The maximum absolute atomic E-state index is 12.4.